The largest absolute Gasteiger partial charge is 0.325 e. The zero-order valence-corrected chi connectivity index (χ0v) is 9.83. The maximum absolute atomic E-state index is 12.0. The minimum atomic E-state index is -0.208. The lowest BCUT2D eigenvalue weighted by Gasteiger charge is -2.37. The normalized spacial score (nSPS) is 17.9. The maximum atomic E-state index is 12.0. The fourth-order valence-electron chi connectivity index (χ4n) is 2.16. The zero-order chi connectivity index (χ0) is 11.6. The van der Waals surface area contributed by atoms with E-state index in [9.17, 15) is 4.79 Å². The van der Waals surface area contributed by atoms with E-state index in [1.54, 1.807) is 0 Å². The Labute approximate surface area is 96.8 Å². The highest BCUT2D eigenvalue weighted by atomic mass is 16.1. The van der Waals surface area contributed by atoms with E-state index in [0.717, 1.165) is 24.8 Å². The Morgan fingerprint density at radius 2 is 1.94 bits per heavy atom. The van der Waals surface area contributed by atoms with Crippen LogP contribution in [0.5, 0.6) is 0 Å². The lowest BCUT2D eigenvalue weighted by atomic mass is 9.74. The number of aryl methyl sites for hydroxylation is 1. The van der Waals surface area contributed by atoms with E-state index in [4.69, 9.17) is 5.73 Å². The smallest absolute Gasteiger partial charge is 0.164 e. The fourth-order valence-corrected chi connectivity index (χ4v) is 2.16. The molecule has 1 aliphatic carbocycles. The fraction of sp³-hybridized carbons (Fsp3) is 0.500. The summed E-state index contributed by atoms with van der Waals surface area (Å²) in [4.78, 5) is 12.0. The van der Waals surface area contributed by atoms with Crippen molar-refractivity contribution in [3.05, 3.63) is 35.4 Å². The van der Waals surface area contributed by atoms with Crippen LogP contribution in [0.1, 0.15) is 48.5 Å². The van der Waals surface area contributed by atoms with Crippen LogP contribution in [0, 0.1) is 0 Å². The number of ketones is 1. The molecular formula is C14H19NO. The van der Waals surface area contributed by atoms with Crippen LogP contribution in [-0.4, -0.2) is 11.3 Å². The molecule has 0 atom stereocenters. The first kappa shape index (κ1) is 11.3. The highest BCUT2D eigenvalue weighted by Gasteiger charge is 2.34. The second-order valence-corrected chi connectivity index (χ2v) is 4.87. The summed E-state index contributed by atoms with van der Waals surface area (Å²) in [6, 6.07) is 7.89. The van der Waals surface area contributed by atoms with E-state index in [1.165, 1.54) is 12.0 Å². The monoisotopic (exact) mass is 217 g/mol. The topological polar surface area (TPSA) is 43.1 Å². The summed E-state index contributed by atoms with van der Waals surface area (Å²) in [6.07, 6.45) is 4.66. The molecule has 0 unspecified atom stereocenters. The second kappa shape index (κ2) is 4.38. The SMILES string of the molecule is CCc1ccc(C(=O)CC2(N)CCC2)cc1. The molecule has 0 saturated heterocycles. The van der Waals surface area contributed by atoms with Gasteiger partial charge in [-0.05, 0) is 31.2 Å². The molecule has 1 fully saturated rings. The van der Waals surface area contributed by atoms with Gasteiger partial charge < -0.3 is 5.73 Å². The minimum absolute atomic E-state index is 0.185. The number of rotatable bonds is 4. The molecule has 2 nitrogen and oxygen atoms in total. The van der Waals surface area contributed by atoms with Gasteiger partial charge in [0, 0.05) is 17.5 Å². The molecule has 0 bridgehead atoms. The number of hydrogen-bond acceptors (Lipinski definition) is 2. The van der Waals surface area contributed by atoms with Crippen LogP contribution in [-0.2, 0) is 6.42 Å². The third-order valence-corrected chi connectivity index (χ3v) is 3.55. The molecule has 0 spiro atoms. The first-order chi connectivity index (χ1) is 7.63. The average Bonchev–Trinajstić information content (AvgIpc) is 2.27. The molecule has 0 aromatic heterocycles. The van der Waals surface area contributed by atoms with E-state index in [2.05, 4.69) is 6.92 Å². The molecule has 2 N–H and O–H groups in total. The van der Waals surface area contributed by atoms with Crippen molar-refractivity contribution in [2.45, 2.75) is 44.6 Å². The van der Waals surface area contributed by atoms with Gasteiger partial charge in [-0.15, -0.1) is 0 Å². The van der Waals surface area contributed by atoms with Crippen LogP contribution in [0.15, 0.2) is 24.3 Å². The summed E-state index contributed by atoms with van der Waals surface area (Å²) in [5.41, 5.74) is 7.93. The van der Waals surface area contributed by atoms with Crippen molar-refractivity contribution >= 4 is 5.78 Å². The minimum Gasteiger partial charge on any atom is -0.325 e. The molecule has 0 radical (unpaired) electrons. The van der Waals surface area contributed by atoms with Crippen molar-refractivity contribution in [1.29, 1.82) is 0 Å². The number of benzene rings is 1. The Morgan fingerprint density at radius 3 is 2.38 bits per heavy atom. The Hall–Kier alpha value is -1.15. The summed E-state index contributed by atoms with van der Waals surface area (Å²) in [5.74, 6) is 0.185. The molecule has 1 aromatic carbocycles. The van der Waals surface area contributed by atoms with Crippen LogP contribution in [0.2, 0.25) is 0 Å². The molecule has 16 heavy (non-hydrogen) atoms. The van der Waals surface area contributed by atoms with Crippen molar-refractivity contribution in [3.8, 4) is 0 Å². The molecule has 0 heterocycles. The predicted octanol–water partition coefficient (Wildman–Crippen LogP) is 2.70. The van der Waals surface area contributed by atoms with Crippen LogP contribution in [0.25, 0.3) is 0 Å². The van der Waals surface area contributed by atoms with Crippen LogP contribution < -0.4 is 5.73 Å². The van der Waals surface area contributed by atoms with Gasteiger partial charge in [-0.2, -0.15) is 0 Å². The molecule has 1 saturated carbocycles. The molecule has 86 valence electrons. The summed E-state index contributed by atoms with van der Waals surface area (Å²) >= 11 is 0. The first-order valence-electron chi connectivity index (χ1n) is 6.04. The van der Waals surface area contributed by atoms with Gasteiger partial charge in [0.1, 0.15) is 0 Å². The molecule has 2 heteroatoms. The summed E-state index contributed by atoms with van der Waals surface area (Å²) in [7, 11) is 0. The van der Waals surface area contributed by atoms with Crippen LogP contribution >= 0.6 is 0 Å². The van der Waals surface area contributed by atoms with Crippen molar-refractivity contribution in [1.82, 2.24) is 0 Å². The molecule has 2 rings (SSSR count). The van der Waals surface area contributed by atoms with Crippen molar-refractivity contribution in [3.63, 3.8) is 0 Å². The predicted molar refractivity (Wildman–Crippen MR) is 65.5 cm³/mol. The van der Waals surface area contributed by atoms with Crippen LogP contribution in [0.4, 0.5) is 0 Å². The van der Waals surface area contributed by atoms with Crippen molar-refractivity contribution < 1.29 is 4.79 Å². The second-order valence-electron chi connectivity index (χ2n) is 4.87. The third kappa shape index (κ3) is 2.33. The summed E-state index contributed by atoms with van der Waals surface area (Å²) in [6.45, 7) is 2.11. The maximum Gasteiger partial charge on any atom is 0.164 e. The number of carbonyl (C=O) groups is 1. The number of Topliss-reactive ketones (excluding diaryl/α,β-unsaturated/α-hetero) is 1. The zero-order valence-electron chi connectivity index (χ0n) is 9.83. The molecule has 1 aromatic rings. The van der Waals surface area contributed by atoms with E-state index in [1.807, 2.05) is 24.3 Å². The number of carbonyl (C=O) groups excluding carboxylic acids is 1. The molecule has 1 aliphatic rings. The summed E-state index contributed by atoms with van der Waals surface area (Å²) < 4.78 is 0. The van der Waals surface area contributed by atoms with Gasteiger partial charge >= 0.3 is 0 Å². The van der Waals surface area contributed by atoms with Gasteiger partial charge in [0.25, 0.3) is 0 Å². The Morgan fingerprint density at radius 1 is 1.31 bits per heavy atom. The molecule has 0 amide bonds. The molecular weight excluding hydrogens is 198 g/mol. The quantitative estimate of drug-likeness (QED) is 0.788. The lowest BCUT2D eigenvalue weighted by molar-refractivity contribution is 0.0912. The van der Waals surface area contributed by atoms with Gasteiger partial charge in [-0.25, -0.2) is 0 Å². The van der Waals surface area contributed by atoms with Crippen molar-refractivity contribution in [2.75, 3.05) is 0 Å². The highest BCUT2D eigenvalue weighted by molar-refractivity contribution is 5.96. The van der Waals surface area contributed by atoms with E-state index in [0.29, 0.717) is 6.42 Å². The summed E-state index contributed by atoms with van der Waals surface area (Å²) in [5, 5.41) is 0. The van der Waals surface area contributed by atoms with E-state index >= 15 is 0 Å². The first-order valence-corrected chi connectivity index (χ1v) is 6.04. The average molecular weight is 217 g/mol. The van der Waals surface area contributed by atoms with Gasteiger partial charge in [0.2, 0.25) is 0 Å². The standard InChI is InChI=1S/C14H19NO/c1-2-11-4-6-12(7-5-11)13(16)10-14(15)8-3-9-14/h4-7H,2-3,8-10,15H2,1H3. The highest BCUT2D eigenvalue weighted by Crippen LogP contribution is 2.33. The Balaban J connectivity index is 2.03. The van der Waals surface area contributed by atoms with Crippen LogP contribution in [0.3, 0.4) is 0 Å². The van der Waals surface area contributed by atoms with Crippen molar-refractivity contribution in [2.24, 2.45) is 5.73 Å². The van der Waals surface area contributed by atoms with E-state index in [-0.39, 0.29) is 11.3 Å². The Bertz CT molecular complexity index is 376. The third-order valence-electron chi connectivity index (χ3n) is 3.55. The number of nitrogens with two attached hydrogens (primary N) is 1. The van der Waals surface area contributed by atoms with E-state index < -0.39 is 0 Å². The van der Waals surface area contributed by atoms with Gasteiger partial charge in [0.15, 0.2) is 5.78 Å². The number of hydrogen-bond donors (Lipinski definition) is 1. The van der Waals surface area contributed by atoms with Gasteiger partial charge in [0.05, 0.1) is 0 Å². The lowest BCUT2D eigenvalue weighted by Crippen LogP contribution is -2.48. The molecule has 0 aliphatic heterocycles. The Kier molecular flexibility index (Phi) is 3.10. The van der Waals surface area contributed by atoms with Gasteiger partial charge in [-0.3, -0.25) is 4.79 Å². The van der Waals surface area contributed by atoms with Gasteiger partial charge in [-0.1, -0.05) is 31.2 Å².